The summed E-state index contributed by atoms with van der Waals surface area (Å²) in [5.74, 6) is 0. The van der Waals surface area contributed by atoms with Crippen LogP contribution in [0.25, 0.3) is 11.1 Å². The zero-order valence-electron chi connectivity index (χ0n) is 12.2. The molecule has 1 aliphatic carbocycles. The Kier molecular flexibility index (Phi) is 3.54. The minimum atomic E-state index is 0.147. The van der Waals surface area contributed by atoms with Crippen LogP contribution >= 0.6 is 24.4 Å². The van der Waals surface area contributed by atoms with Crippen molar-refractivity contribution in [3.63, 3.8) is 0 Å². The van der Waals surface area contributed by atoms with E-state index in [1.807, 2.05) is 30.0 Å². The molecule has 1 N–H and O–H groups in total. The van der Waals surface area contributed by atoms with Crippen LogP contribution in [0.5, 0.6) is 0 Å². The highest BCUT2D eigenvalue weighted by atomic mass is 32.2. The van der Waals surface area contributed by atoms with Crippen molar-refractivity contribution in [2.75, 3.05) is 0 Å². The standard InChI is InChI=1S/C17H17NOS2/c1-17(2,3)21-11-5-7-13-12-6-4-10(20)8-14(12)16(18-19)15(13)9-11/h4-9,19-20H,1-3H3/b18-16+. The molecule has 0 saturated carbocycles. The molecule has 2 aromatic carbocycles. The number of rotatable bonds is 1. The number of thioether (sulfide) groups is 1. The smallest absolute Gasteiger partial charge is 0.118 e. The quantitative estimate of drug-likeness (QED) is 0.284. The number of nitrogens with zero attached hydrogens (tertiary/aromatic N) is 1. The number of thiol groups is 1. The first-order chi connectivity index (χ1) is 9.89. The Labute approximate surface area is 134 Å². The normalized spacial score (nSPS) is 15.1. The van der Waals surface area contributed by atoms with E-state index in [4.69, 9.17) is 0 Å². The van der Waals surface area contributed by atoms with Crippen LogP contribution in [0.1, 0.15) is 31.9 Å². The van der Waals surface area contributed by atoms with Crippen molar-refractivity contribution >= 4 is 30.1 Å². The predicted octanol–water partition coefficient (Wildman–Crippen LogP) is 5.07. The SMILES string of the molecule is CC(C)(C)Sc1ccc2c(c1)/C(=N/O)c1cc(S)ccc1-2. The van der Waals surface area contributed by atoms with Gasteiger partial charge in [-0.15, -0.1) is 24.4 Å². The van der Waals surface area contributed by atoms with Crippen molar-refractivity contribution in [3.05, 3.63) is 47.5 Å². The summed E-state index contributed by atoms with van der Waals surface area (Å²) in [4.78, 5) is 2.05. The van der Waals surface area contributed by atoms with Crippen LogP contribution < -0.4 is 0 Å². The molecule has 21 heavy (non-hydrogen) atoms. The number of oxime groups is 1. The van der Waals surface area contributed by atoms with E-state index in [9.17, 15) is 5.21 Å². The molecule has 0 aromatic heterocycles. The summed E-state index contributed by atoms with van der Waals surface area (Å²) in [6.07, 6.45) is 0. The molecule has 0 spiro atoms. The van der Waals surface area contributed by atoms with Crippen molar-refractivity contribution in [1.29, 1.82) is 0 Å². The van der Waals surface area contributed by atoms with Crippen molar-refractivity contribution in [1.82, 2.24) is 0 Å². The molecule has 3 rings (SSSR count). The summed E-state index contributed by atoms with van der Waals surface area (Å²) in [6.45, 7) is 6.57. The summed E-state index contributed by atoms with van der Waals surface area (Å²) in [5, 5.41) is 13.0. The summed E-state index contributed by atoms with van der Waals surface area (Å²) in [6, 6.07) is 12.3. The number of hydrogen-bond acceptors (Lipinski definition) is 4. The zero-order valence-corrected chi connectivity index (χ0v) is 13.9. The Morgan fingerprint density at radius 1 is 0.952 bits per heavy atom. The Bertz CT molecular complexity index is 745. The van der Waals surface area contributed by atoms with Gasteiger partial charge in [0.1, 0.15) is 5.71 Å². The molecule has 1 aliphatic rings. The largest absolute Gasteiger partial charge is 0.410 e. The Morgan fingerprint density at radius 3 is 2.19 bits per heavy atom. The highest BCUT2D eigenvalue weighted by Crippen LogP contribution is 2.41. The lowest BCUT2D eigenvalue weighted by atomic mass is 10.1. The van der Waals surface area contributed by atoms with Crippen molar-refractivity contribution in [2.24, 2.45) is 5.16 Å². The maximum atomic E-state index is 9.43. The minimum Gasteiger partial charge on any atom is -0.410 e. The van der Waals surface area contributed by atoms with Gasteiger partial charge in [0, 0.05) is 25.7 Å². The average Bonchev–Trinajstić information content (AvgIpc) is 2.68. The van der Waals surface area contributed by atoms with Gasteiger partial charge < -0.3 is 5.21 Å². The fraction of sp³-hybridized carbons (Fsp3) is 0.235. The van der Waals surface area contributed by atoms with Crippen LogP contribution in [0.4, 0.5) is 0 Å². The average molecular weight is 315 g/mol. The number of benzene rings is 2. The highest BCUT2D eigenvalue weighted by molar-refractivity contribution is 8.00. The van der Waals surface area contributed by atoms with Gasteiger partial charge in [-0.2, -0.15) is 0 Å². The molecule has 0 bridgehead atoms. The van der Waals surface area contributed by atoms with E-state index in [0.717, 1.165) is 27.1 Å². The van der Waals surface area contributed by atoms with Gasteiger partial charge in [-0.1, -0.05) is 38.1 Å². The van der Waals surface area contributed by atoms with E-state index in [2.05, 4.69) is 56.8 Å². The summed E-state index contributed by atoms with van der Waals surface area (Å²) in [7, 11) is 0. The third-order valence-corrected chi connectivity index (χ3v) is 4.70. The summed E-state index contributed by atoms with van der Waals surface area (Å²) < 4.78 is 0.147. The molecular formula is C17H17NOS2. The van der Waals surface area contributed by atoms with Gasteiger partial charge in [0.2, 0.25) is 0 Å². The lowest BCUT2D eigenvalue weighted by Gasteiger charge is -2.18. The molecule has 0 aliphatic heterocycles. The number of fused-ring (bicyclic) bond motifs is 3. The zero-order chi connectivity index (χ0) is 15.2. The lowest BCUT2D eigenvalue weighted by molar-refractivity contribution is 0.320. The molecule has 0 fully saturated rings. The van der Waals surface area contributed by atoms with E-state index in [1.165, 1.54) is 4.90 Å². The maximum absolute atomic E-state index is 9.43. The second-order valence-corrected chi connectivity index (χ2v) is 8.52. The van der Waals surface area contributed by atoms with E-state index < -0.39 is 0 Å². The van der Waals surface area contributed by atoms with Crippen LogP contribution in [0.3, 0.4) is 0 Å². The van der Waals surface area contributed by atoms with Crippen molar-refractivity contribution in [2.45, 2.75) is 35.3 Å². The summed E-state index contributed by atoms with van der Waals surface area (Å²) in [5.41, 5.74) is 4.78. The molecular weight excluding hydrogens is 298 g/mol. The molecule has 0 radical (unpaired) electrons. The fourth-order valence-electron chi connectivity index (χ4n) is 2.59. The maximum Gasteiger partial charge on any atom is 0.118 e. The molecule has 2 aromatic rings. The van der Waals surface area contributed by atoms with Gasteiger partial charge >= 0.3 is 0 Å². The molecule has 0 saturated heterocycles. The van der Waals surface area contributed by atoms with E-state index in [-0.39, 0.29) is 4.75 Å². The Morgan fingerprint density at radius 2 is 1.57 bits per heavy atom. The van der Waals surface area contributed by atoms with Gasteiger partial charge in [-0.3, -0.25) is 0 Å². The first kappa shape index (κ1) is 14.5. The Hall–Kier alpha value is -1.39. The molecule has 4 heteroatoms. The Balaban J connectivity index is 2.13. The molecule has 0 amide bonds. The first-order valence-corrected chi connectivity index (χ1v) is 8.05. The molecule has 0 heterocycles. The predicted molar refractivity (Wildman–Crippen MR) is 92.2 cm³/mol. The van der Waals surface area contributed by atoms with Crippen LogP contribution in [-0.2, 0) is 0 Å². The monoisotopic (exact) mass is 315 g/mol. The minimum absolute atomic E-state index is 0.147. The summed E-state index contributed by atoms with van der Waals surface area (Å²) >= 11 is 6.19. The fourth-order valence-corrected chi connectivity index (χ4v) is 3.81. The molecule has 2 nitrogen and oxygen atoms in total. The van der Waals surface area contributed by atoms with Crippen LogP contribution in [-0.4, -0.2) is 15.7 Å². The molecule has 0 atom stereocenters. The topological polar surface area (TPSA) is 32.6 Å². The van der Waals surface area contributed by atoms with Crippen molar-refractivity contribution in [3.8, 4) is 11.1 Å². The third-order valence-electron chi connectivity index (χ3n) is 3.32. The third kappa shape index (κ3) is 2.70. The van der Waals surface area contributed by atoms with Gasteiger partial charge in [0.15, 0.2) is 0 Å². The van der Waals surface area contributed by atoms with Gasteiger partial charge in [0.05, 0.1) is 0 Å². The van der Waals surface area contributed by atoms with Gasteiger partial charge in [-0.25, -0.2) is 0 Å². The lowest BCUT2D eigenvalue weighted by Crippen LogP contribution is -2.07. The second-order valence-electron chi connectivity index (χ2n) is 6.10. The van der Waals surface area contributed by atoms with Crippen LogP contribution in [0.2, 0.25) is 0 Å². The van der Waals surface area contributed by atoms with Gasteiger partial charge in [-0.05, 0) is 35.4 Å². The molecule has 0 unspecified atom stereocenters. The highest BCUT2D eigenvalue weighted by Gasteiger charge is 2.26. The van der Waals surface area contributed by atoms with E-state index in [1.54, 1.807) is 0 Å². The van der Waals surface area contributed by atoms with Crippen molar-refractivity contribution < 1.29 is 5.21 Å². The molecule has 108 valence electrons. The number of hydrogen-bond donors (Lipinski definition) is 2. The second kappa shape index (κ2) is 5.11. The van der Waals surface area contributed by atoms with Crippen LogP contribution in [0.15, 0.2) is 51.3 Å². The first-order valence-electron chi connectivity index (χ1n) is 6.78. The van der Waals surface area contributed by atoms with E-state index >= 15 is 0 Å². The van der Waals surface area contributed by atoms with Gasteiger partial charge in [0.25, 0.3) is 0 Å². The van der Waals surface area contributed by atoms with Crippen LogP contribution in [0, 0.1) is 0 Å². The van der Waals surface area contributed by atoms with E-state index in [0.29, 0.717) is 5.71 Å².